The van der Waals surface area contributed by atoms with Crippen molar-refractivity contribution >= 4 is 17.5 Å². The lowest BCUT2D eigenvalue weighted by molar-refractivity contribution is -0.130. The molecule has 1 aromatic rings. The summed E-state index contributed by atoms with van der Waals surface area (Å²) in [6, 6.07) is 0.365. The van der Waals surface area contributed by atoms with E-state index in [1.165, 1.54) is 5.01 Å². The number of aryl methyl sites for hydroxylation is 1. The van der Waals surface area contributed by atoms with Crippen molar-refractivity contribution in [3.63, 3.8) is 0 Å². The van der Waals surface area contributed by atoms with Gasteiger partial charge in [0, 0.05) is 45.9 Å². The quantitative estimate of drug-likeness (QED) is 0.786. The maximum absolute atomic E-state index is 12.7. The van der Waals surface area contributed by atoms with Crippen LogP contribution in [0.5, 0.6) is 0 Å². The average molecular weight is 362 g/mol. The summed E-state index contributed by atoms with van der Waals surface area (Å²) in [4.78, 5) is 32.6. The minimum Gasteiger partial charge on any atom is -0.340 e. The van der Waals surface area contributed by atoms with Gasteiger partial charge in [-0.25, -0.2) is 5.01 Å². The molecule has 1 fully saturated rings. The monoisotopic (exact) mass is 362 g/mol. The van der Waals surface area contributed by atoms with Crippen LogP contribution >= 0.6 is 0 Å². The van der Waals surface area contributed by atoms with E-state index < -0.39 is 0 Å². The summed E-state index contributed by atoms with van der Waals surface area (Å²) in [6.07, 6.45) is 3.63. The number of aromatic nitrogens is 2. The highest BCUT2D eigenvalue weighted by Gasteiger charge is 2.28. The van der Waals surface area contributed by atoms with Crippen molar-refractivity contribution in [1.29, 1.82) is 0 Å². The Kier molecular flexibility index (Phi) is 5.65. The van der Waals surface area contributed by atoms with Crippen LogP contribution in [0.4, 0.5) is 0 Å². The second-order valence-corrected chi connectivity index (χ2v) is 6.99. The van der Waals surface area contributed by atoms with Crippen molar-refractivity contribution in [1.82, 2.24) is 24.9 Å². The predicted molar refractivity (Wildman–Crippen MR) is 94.2 cm³/mol. The maximum Gasteiger partial charge on any atom is 0.270 e. The van der Waals surface area contributed by atoms with Crippen LogP contribution in [0.3, 0.4) is 0 Å². The van der Waals surface area contributed by atoms with Crippen LogP contribution in [0.1, 0.15) is 43.8 Å². The summed E-state index contributed by atoms with van der Waals surface area (Å²) in [7, 11) is 3.65. The summed E-state index contributed by atoms with van der Waals surface area (Å²) in [5, 5.41) is 9.38. The molecule has 2 amide bonds. The molecule has 0 bridgehead atoms. The fraction of sp³-hybridized carbons (Fsp3) is 0.706. The molecule has 1 atom stereocenters. The Balaban J connectivity index is 1.56. The highest BCUT2D eigenvalue weighted by atomic mass is 16.5. The number of hydrogen-bond donors (Lipinski definition) is 0. The van der Waals surface area contributed by atoms with Crippen LogP contribution < -0.4 is 0 Å². The number of hydrogen-bond acceptors (Lipinski definition) is 7. The van der Waals surface area contributed by atoms with Crippen molar-refractivity contribution in [2.24, 2.45) is 5.10 Å². The number of carbonyl (C=O) groups excluding carboxylic acids is 2. The van der Waals surface area contributed by atoms with E-state index in [1.54, 1.807) is 14.0 Å². The van der Waals surface area contributed by atoms with Gasteiger partial charge in [-0.1, -0.05) is 5.16 Å². The first-order chi connectivity index (χ1) is 12.4. The molecule has 3 rings (SSSR count). The van der Waals surface area contributed by atoms with E-state index in [-0.39, 0.29) is 11.8 Å². The van der Waals surface area contributed by atoms with Crippen molar-refractivity contribution in [2.75, 3.05) is 27.2 Å². The Labute approximate surface area is 153 Å². The third-order valence-corrected chi connectivity index (χ3v) is 5.02. The van der Waals surface area contributed by atoms with Crippen molar-refractivity contribution in [3.8, 4) is 0 Å². The minimum atomic E-state index is -0.0455. The van der Waals surface area contributed by atoms with Gasteiger partial charge in [0.15, 0.2) is 5.82 Å². The minimum absolute atomic E-state index is 0.0403. The molecule has 1 saturated heterocycles. The SMILES string of the molecule is Cc1nc(CN(C)[C@H]2CCCN(C(=O)C3=NN(C)C(=O)CC3)CC2)no1. The lowest BCUT2D eigenvalue weighted by Gasteiger charge is -2.27. The molecule has 1 aromatic heterocycles. The smallest absolute Gasteiger partial charge is 0.270 e. The first kappa shape index (κ1) is 18.5. The van der Waals surface area contributed by atoms with Crippen molar-refractivity contribution in [3.05, 3.63) is 11.7 Å². The number of carbonyl (C=O) groups is 2. The first-order valence-electron chi connectivity index (χ1n) is 9.07. The Bertz CT molecular complexity index is 700. The molecule has 0 unspecified atom stereocenters. The Morgan fingerprint density at radius 1 is 1.31 bits per heavy atom. The molecular formula is C17H26N6O3. The largest absolute Gasteiger partial charge is 0.340 e. The number of rotatable bonds is 4. The fourth-order valence-corrected chi connectivity index (χ4v) is 3.49. The first-order valence-corrected chi connectivity index (χ1v) is 9.07. The molecule has 26 heavy (non-hydrogen) atoms. The molecule has 2 aliphatic rings. The van der Waals surface area contributed by atoms with Gasteiger partial charge in [-0.3, -0.25) is 14.5 Å². The van der Waals surface area contributed by atoms with Crippen LogP contribution in [0.25, 0.3) is 0 Å². The van der Waals surface area contributed by atoms with Gasteiger partial charge >= 0.3 is 0 Å². The molecule has 0 spiro atoms. The zero-order chi connectivity index (χ0) is 18.7. The molecule has 0 aromatic carbocycles. The summed E-state index contributed by atoms with van der Waals surface area (Å²) >= 11 is 0. The second kappa shape index (κ2) is 7.94. The van der Waals surface area contributed by atoms with Crippen LogP contribution in [-0.2, 0) is 16.1 Å². The number of hydrazone groups is 1. The van der Waals surface area contributed by atoms with Gasteiger partial charge < -0.3 is 9.42 Å². The van der Waals surface area contributed by atoms with Gasteiger partial charge in [-0.15, -0.1) is 0 Å². The maximum atomic E-state index is 12.7. The van der Waals surface area contributed by atoms with Crippen LogP contribution in [-0.4, -0.2) is 75.7 Å². The molecule has 9 nitrogen and oxygen atoms in total. The third kappa shape index (κ3) is 4.27. The van der Waals surface area contributed by atoms with E-state index >= 15 is 0 Å². The van der Waals surface area contributed by atoms with E-state index in [1.807, 2.05) is 4.90 Å². The number of amides is 2. The highest BCUT2D eigenvalue weighted by Crippen LogP contribution is 2.19. The van der Waals surface area contributed by atoms with Gasteiger partial charge in [0.1, 0.15) is 5.71 Å². The van der Waals surface area contributed by atoms with Crippen LogP contribution in [0.2, 0.25) is 0 Å². The average Bonchev–Trinajstić information content (AvgIpc) is 2.87. The van der Waals surface area contributed by atoms with E-state index in [0.717, 1.165) is 25.8 Å². The van der Waals surface area contributed by atoms with Gasteiger partial charge in [-0.05, 0) is 26.3 Å². The summed E-state index contributed by atoms with van der Waals surface area (Å²) in [6.45, 7) is 3.83. The lowest BCUT2D eigenvalue weighted by Crippen LogP contribution is -2.41. The molecule has 2 aliphatic heterocycles. The van der Waals surface area contributed by atoms with Gasteiger partial charge in [-0.2, -0.15) is 10.1 Å². The zero-order valence-electron chi connectivity index (χ0n) is 15.6. The molecule has 0 aliphatic carbocycles. The molecule has 9 heteroatoms. The predicted octanol–water partition coefficient (Wildman–Crippen LogP) is 0.799. The van der Waals surface area contributed by atoms with E-state index in [4.69, 9.17) is 4.52 Å². The summed E-state index contributed by atoms with van der Waals surface area (Å²) in [5.41, 5.74) is 0.487. The standard InChI is InChI=1S/C17H26N6O3/c1-12-18-15(20-26-12)11-21(2)13-5-4-9-23(10-8-13)17(25)14-6-7-16(24)22(3)19-14/h13H,4-11H2,1-3H3/t13-/m0/s1. The molecule has 142 valence electrons. The van der Waals surface area contributed by atoms with Gasteiger partial charge in [0.05, 0.1) is 6.54 Å². The van der Waals surface area contributed by atoms with E-state index in [0.29, 0.717) is 49.4 Å². The normalized spacial score (nSPS) is 21.8. The molecule has 0 saturated carbocycles. The molecular weight excluding hydrogens is 336 g/mol. The van der Waals surface area contributed by atoms with Crippen LogP contribution in [0.15, 0.2) is 9.62 Å². The summed E-state index contributed by atoms with van der Waals surface area (Å²) in [5.74, 6) is 1.17. The topological polar surface area (TPSA) is 95.1 Å². The lowest BCUT2D eigenvalue weighted by atomic mass is 10.1. The molecule has 3 heterocycles. The number of nitrogens with zero attached hydrogens (tertiary/aromatic N) is 6. The second-order valence-electron chi connectivity index (χ2n) is 6.99. The fourth-order valence-electron chi connectivity index (χ4n) is 3.49. The summed E-state index contributed by atoms with van der Waals surface area (Å²) < 4.78 is 5.03. The van der Waals surface area contributed by atoms with Crippen molar-refractivity contribution in [2.45, 2.75) is 51.6 Å². The highest BCUT2D eigenvalue weighted by molar-refractivity contribution is 6.39. The molecule has 0 N–H and O–H groups in total. The Morgan fingerprint density at radius 3 is 2.81 bits per heavy atom. The Morgan fingerprint density at radius 2 is 2.12 bits per heavy atom. The third-order valence-electron chi connectivity index (χ3n) is 5.02. The van der Waals surface area contributed by atoms with Gasteiger partial charge in [0.25, 0.3) is 5.91 Å². The zero-order valence-corrected chi connectivity index (χ0v) is 15.6. The van der Waals surface area contributed by atoms with Crippen molar-refractivity contribution < 1.29 is 14.1 Å². The van der Waals surface area contributed by atoms with E-state index in [9.17, 15) is 9.59 Å². The van der Waals surface area contributed by atoms with Crippen LogP contribution in [0, 0.1) is 6.92 Å². The van der Waals surface area contributed by atoms with E-state index in [2.05, 4.69) is 27.2 Å². The Hall–Kier alpha value is -2.29. The number of likely N-dealkylation sites (tertiary alicyclic amines) is 1. The molecule has 0 radical (unpaired) electrons. The van der Waals surface area contributed by atoms with Gasteiger partial charge in [0.2, 0.25) is 11.8 Å².